The van der Waals surface area contributed by atoms with E-state index in [1.165, 1.54) is 0 Å². The molecule has 1 aliphatic carbocycles. The third kappa shape index (κ3) is 2.87. The molecule has 0 unspecified atom stereocenters. The molecular weight excluding hydrogens is 376 g/mol. The van der Waals surface area contributed by atoms with Crippen molar-refractivity contribution in [3.8, 4) is 5.69 Å². The number of Topliss-reactive ketones (excluding diaryl/α,β-unsaturated/α-hetero) is 1. The fourth-order valence-electron chi connectivity index (χ4n) is 4.49. The van der Waals surface area contributed by atoms with Gasteiger partial charge in [-0.1, -0.05) is 30.3 Å². The van der Waals surface area contributed by atoms with Crippen LogP contribution in [0.5, 0.6) is 0 Å². The van der Waals surface area contributed by atoms with Gasteiger partial charge in [0.05, 0.1) is 11.3 Å². The quantitative estimate of drug-likeness (QED) is 0.702. The predicted molar refractivity (Wildman–Crippen MR) is 119 cm³/mol. The van der Waals surface area contributed by atoms with Crippen LogP contribution < -0.4 is 15.8 Å². The molecule has 0 spiro atoms. The van der Waals surface area contributed by atoms with Gasteiger partial charge in [-0.2, -0.15) is 0 Å². The molecule has 2 aromatic carbocycles. The average Bonchev–Trinajstić information content (AvgIpc) is 3.09. The van der Waals surface area contributed by atoms with Gasteiger partial charge in [-0.15, -0.1) is 0 Å². The molecule has 0 saturated heterocycles. The Morgan fingerprint density at radius 3 is 2.40 bits per heavy atom. The Morgan fingerprint density at radius 1 is 0.967 bits per heavy atom. The Kier molecular flexibility index (Phi) is 4.35. The van der Waals surface area contributed by atoms with E-state index in [-0.39, 0.29) is 17.3 Å². The summed E-state index contributed by atoms with van der Waals surface area (Å²) in [6.45, 7) is 0. The average molecular weight is 400 g/mol. The number of allylic oxidation sites excluding steroid dienone is 2. The van der Waals surface area contributed by atoms with Crippen molar-refractivity contribution >= 4 is 17.3 Å². The summed E-state index contributed by atoms with van der Waals surface area (Å²) in [6, 6.07) is 17.6. The highest BCUT2D eigenvalue weighted by Crippen LogP contribution is 2.43. The monoisotopic (exact) mass is 400 g/mol. The van der Waals surface area contributed by atoms with Crippen LogP contribution in [0.25, 0.3) is 5.69 Å². The second-order valence-corrected chi connectivity index (χ2v) is 8.09. The van der Waals surface area contributed by atoms with Gasteiger partial charge in [-0.25, -0.2) is 4.68 Å². The van der Waals surface area contributed by atoms with Crippen LogP contribution in [-0.4, -0.2) is 29.7 Å². The van der Waals surface area contributed by atoms with Crippen LogP contribution in [0, 0.1) is 0 Å². The first kappa shape index (κ1) is 18.5. The molecule has 2 N–H and O–H groups in total. The number of nitrogens with one attached hydrogen (secondary N) is 2. The lowest BCUT2D eigenvalue weighted by Crippen LogP contribution is -2.29. The summed E-state index contributed by atoms with van der Waals surface area (Å²) in [5.74, 6) is 0.441. The van der Waals surface area contributed by atoms with Crippen molar-refractivity contribution in [2.75, 3.05) is 24.3 Å². The molecule has 1 aliphatic heterocycles. The molecule has 1 atom stereocenters. The maximum atomic E-state index is 13.5. The van der Waals surface area contributed by atoms with E-state index in [0.717, 1.165) is 41.1 Å². The zero-order valence-corrected chi connectivity index (χ0v) is 17.1. The number of carbonyl (C=O) groups is 1. The third-order valence-electron chi connectivity index (χ3n) is 5.99. The Balaban J connectivity index is 1.71. The summed E-state index contributed by atoms with van der Waals surface area (Å²) >= 11 is 0. The van der Waals surface area contributed by atoms with E-state index in [4.69, 9.17) is 0 Å². The number of aromatic amines is 1. The number of carbonyl (C=O) groups excluding carboxylic acids is 1. The van der Waals surface area contributed by atoms with Crippen LogP contribution in [-0.2, 0) is 4.79 Å². The van der Waals surface area contributed by atoms with Crippen LogP contribution in [0.15, 0.2) is 70.7 Å². The van der Waals surface area contributed by atoms with Gasteiger partial charge in [-0.3, -0.25) is 14.7 Å². The largest absolute Gasteiger partial charge is 0.378 e. The number of hydrogen-bond acceptors (Lipinski definition) is 4. The third-order valence-corrected chi connectivity index (χ3v) is 5.99. The molecular formula is C24H24N4O2. The number of para-hydroxylation sites is 1. The molecule has 6 heteroatoms. The van der Waals surface area contributed by atoms with Crippen molar-refractivity contribution in [1.29, 1.82) is 0 Å². The lowest BCUT2D eigenvalue weighted by Gasteiger charge is -2.31. The number of fused-ring (bicyclic) bond motifs is 1. The first-order valence-electron chi connectivity index (χ1n) is 10.3. The Hall–Kier alpha value is -3.54. The van der Waals surface area contributed by atoms with Gasteiger partial charge < -0.3 is 10.2 Å². The number of rotatable bonds is 3. The number of anilines is 2. The van der Waals surface area contributed by atoms with E-state index in [9.17, 15) is 9.59 Å². The molecule has 152 valence electrons. The van der Waals surface area contributed by atoms with Crippen LogP contribution in [0.4, 0.5) is 11.5 Å². The fourth-order valence-corrected chi connectivity index (χ4v) is 4.49. The molecule has 6 nitrogen and oxygen atoms in total. The van der Waals surface area contributed by atoms with E-state index in [2.05, 4.69) is 10.4 Å². The highest BCUT2D eigenvalue weighted by molar-refractivity contribution is 6.00. The van der Waals surface area contributed by atoms with E-state index < -0.39 is 0 Å². The van der Waals surface area contributed by atoms with Crippen LogP contribution in [0.1, 0.15) is 36.3 Å². The zero-order valence-electron chi connectivity index (χ0n) is 17.1. The van der Waals surface area contributed by atoms with Gasteiger partial charge in [0.15, 0.2) is 5.78 Å². The van der Waals surface area contributed by atoms with Crippen LogP contribution in [0.3, 0.4) is 0 Å². The SMILES string of the molecule is CN(C)c1ccc([C@@H]2C3=C(CCCC3=O)Nc3[nH]n(-c4ccccc4)c(=O)c32)cc1. The van der Waals surface area contributed by atoms with Gasteiger partial charge in [0.25, 0.3) is 5.56 Å². The van der Waals surface area contributed by atoms with E-state index >= 15 is 0 Å². The molecule has 0 bridgehead atoms. The smallest absolute Gasteiger partial charge is 0.277 e. The Morgan fingerprint density at radius 2 is 1.70 bits per heavy atom. The minimum atomic E-state index is -0.367. The standard InChI is InChI=1S/C24H24N4O2/c1-27(2)16-13-11-15(12-14-16)20-21-18(9-6-10-19(21)29)25-23-22(20)24(30)28(26-23)17-7-4-3-5-8-17/h3-5,7-8,11-14,20,25-26H,6,9-10H2,1-2H3/t20-/m1/s1. The summed E-state index contributed by atoms with van der Waals surface area (Å²) in [6.07, 6.45) is 2.17. The lowest BCUT2D eigenvalue weighted by atomic mass is 9.77. The maximum absolute atomic E-state index is 13.5. The van der Waals surface area contributed by atoms with Crippen molar-refractivity contribution in [1.82, 2.24) is 9.78 Å². The molecule has 30 heavy (non-hydrogen) atoms. The lowest BCUT2D eigenvalue weighted by molar-refractivity contribution is -0.116. The second-order valence-electron chi connectivity index (χ2n) is 8.09. The highest BCUT2D eigenvalue weighted by atomic mass is 16.1. The van der Waals surface area contributed by atoms with Crippen molar-refractivity contribution in [3.63, 3.8) is 0 Å². The second kappa shape index (κ2) is 7.06. The molecule has 0 saturated carbocycles. The zero-order chi connectivity index (χ0) is 20.8. The number of benzene rings is 2. The summed E-state index contributed by atoms with van der Waals surface area (Å²) < 4.78 is 1.56. The Labute approximate surface area is 174 Å². The molecule has 3 aromatic rings. The number of nitrogens with zero attached hydrogens (tertiary/aromatic N) is 2. The number of hydrogen-bond donors (Lipinski definition) is 2. The summed E-state index contributed by atoms with van der Waals surface area (Å²) in [4.78, 5) is 28.5. The fraction of sp³-hybridized carbons (Fsp3) is 0.250. The summed E-state index contributed by atoms with van der Waals surface area (Å²) in [7, 11) is 3.99. The maximum Gasteiger partial charge on any atom is 0.277 e. The minimum Gasteiger partial charge on any atom is -0.378 e. The summed E-state index contributed by atoms with van der Waals surface area (Å²) in [5.41, 5.74) is 4.95. The van der Waals surface area contributed by atoms with Gasteiger partial charge >= 0.3 is 0 Å². The van der Waals surface area contributed by atoms with E-state index in [1.54, 1.807) is 4.68 Å². The van der Waals surface area contributed by atoms with E-state index in [1.807, 2.05) is 73.6 Å². The number of aromatic nitrogens is 2. The topological polar surface area (TPSA) is 70.1 Å². The first-order chi connectivity index (χ1) is 14.5. The highest BCUT2D eigenvalue weighted by Gasteiger charge is 2.38. The molecule has 2 heterocycles. The van der Waals surface area contributed by atoms with Crippen LogP contribution >= 0.6 is 0 Å². The molecule has 0 amide bonds. The number of ketones is 1. The molecule has 5 rings (SSSR count). The molecule has 2 aliphatic rings. The minimum absolute atomic E-state index is 0.128. The molecule has 0 fully saturated rings. The van der Waals surface area contributed by atoms with Gasteiger partial charge in [0.1, 0.15) is 5.82 Å². The van der Waals surface area contributed by atoms with Crippen molar-refractivity contribution in [2.24, 2.45) is 0 Å². The first-order valence-corrected chi connectivity index (χ1v) is 10.3. The van der Waals surface area contributed by atoms with Crippen molar-refractivity contribution in [3.05, 3.63) is 87.3 Å². The van der Waals surface area contributed by atoms with E-state index in [0.29, 0.717) is 17.8 Å². The van der Waals surface area contributed by atoms with Gasteiger partial charge in [0.2, 0.25) is 0 Å². The van der Waals surface area contributed by atoms with Crippen molar-refractivity contribution < 1.29 is 4.79 Å². The van der Waals surface area contributed by atoms with Gasteiger partial charge in [-0.05, 0) is 42.7 Å². The molecule has 1 aromatic heterocycles. The Bertz CT molecular complexity index is 1200. The molecule has 0 radical (unpaired) electrons. The normalized spacial score (nSPS) is 17.9. The van der Waals surface area contributed by atoms with Crippen molar-refractivity contribution in [2.45, 2.75) is 25.2 Å². The number of H-pyrrole nitrogens is 1. The van der Waals surface area contributed by atoms with Crippen LogP contribution in [0.2, 0.25) is 0 Å². The predicted octanol–water partition coefficient (Wildman–Crippen LogP) is 3.80. The summed E-state index contributed by atoms with van der Waals surface area (Å²) in [5, 5.41) is 6.60. The van der Waals surface area contributed by atoms with Gasteiger partial charge in [0, 0.05) is 43.4 Å².